The second kappa shape index (κ2) is 6.35. The van der Waals surface area contributed by atoms with Gasteiger partial charge in [-0.25, -0.2) is 0 Å². The summed E-state index contributed by atoms with van der Waals surface area (Å²) in [5.74, 6) is 0.799. The van der Waals surface area contributed by atoms with E-state index in [4.69, 9.17) is 0 Å². The van der Waals surface area contributed by atoms with Crippen LogP contribution in [0.4, 0.5) is 0 Å². The van der Waals surface area contributed by atoms with Crippen LogP contribution in [0.1, 0.15) is 30.9 Å². The Kier molecular flexibility index (Phi) is 4.79. The standard InChI is InChI=1S/C16H26N2/c1-13-7-4-5-8-15(13)11-17-14(2)16-9-6-10-18(3)12-16/h4-5,7-8,14,16-17H,6,9-12H2,1-3H3. The molecule has 1 heterocycles. The molecule has 0 amide bonds. The molecule has 1 aromatic carbocycles. The minimum Gasteiger partial charge on any atom is -0.310 e. The van der Waals surface area contributed by atoms with Crippen LogP contribution in [-0.4, -0.2) is 31.1 Å². The van der Waals surface area contributed by atoms with Crippen LogP contribution >= 0.6 is 0 Å². The van der Waals surface area contributed by atoms with Crippen molar-refractivity contribution in [1.82, 2.24) is 10.2 Å². The highest BCUT2D eigenvalue weighted by atomic mass is 15.1. The van der Waals surface area contributed by atoms with E-state index in [2.05, 4.69) is 55.4 Å². The highest BCUT2D eigenvalue weighted by molar-refractivity contribution is 5.25. The van der Waals surface area contributed by atoms with E-state index in [1.807, 2.05) is 0 Å². The lowest BCUT2D eigenvalue weighted by Crippen LogP contribution is -2.42. The maximum absolute atomic E-state index is 3.70. The molecule has 2 heteroatoms. The maximum atomic E-state index is 3.70. The Morgan fingerprint density at radius 1 is 1.39 bits per heavy atom. The summed E-state index contributed by atoms with van der Waals surface area (Å²) in [6.07, 6.45) is 2.71. The summed E-state index contributed by atoms with van der Waals surface area (Å²) in [6, 6.07) is 9.26. The number of benzene rings is 1. The topological polar surface area (TPSA) is 15.3 Å². The summed E-state index contributed by atoms with van der Waals surface area (Å²) in [5.41, 5.74) is 2.81. The van der Waals surface area contributed by atoms with Crippen molar-refractivity contribution in [3.63, 3.8) is 0 Å². The Morgan fingerprint density at radius 2 is 2.17 bits per heavy atom. The van der Waals surface area contributed by atoms with Gasteiger partial charge >= 0.3 is 0 Å². The monoisotopic (exact) mass is 246 g/mol. The lowest BCUT2D eigenvalue weighted by atomic mass is 9.91. The lowest BCUT2D eigenvalue weighted by Gasteiger charge is -2.34. The number of nitrogens with zero attached hydrogens (tertiary/aromatic N) is 1. The molecular formula is C16H26N2. The number of likely N-dealkylation sites (tertiary alicyclic amines) is 1. The molecule has 0 bridgehead atoms. The van der Waals surface area contributed by atoms with Crippen LogP contribution in [-0.2, 0) is 6.54 Å². The van der Waals surface area contributed by atoms with E-state index in [0.29, 0.717) is 6.04 Å². The van der Waals surface area contributed by atoms with Crippen LogP contribution in [0.15, 0.2) is 24.3 Å². The average molecular weight is 246 g/mol. The molecule has 0 radical (unpaired) electrons. The van der Waals surface area contributed by atoms with E-state index in [-0.39, 0.29) is 0 Å². The fourth-order valence-corrected chi connectivity index (χ4v) is 2.86. The van der Waals surface area contributed by atoms with Crippen LogP contribution < -0.4 is 5.32 Å². The number of nitrogens with one attached hydrogen (secondary N) is 1. The molecule has 1 aromatic rings. The van der Waals surface area contributed by atoms with Crippen LogP contribution in [0.25, 0.3) is 0 Å². The van der Waals surface area contributed by atoms with E-state index in [1.54, 1.807) is 0 Å². The van der Waals surface area contributed by atoms with Crippen molar-refractivity contribution in [2.75, 3.05) is 20.1 Å². The van der Waals surface area contributed by atoms with Gasteiger partial charge in [-0.1, -0.05) is 24.3 Å². The predicted octanol–water partition coefficient (Wildman–Crippen LogP) is 2.81. The third-order valence-electron chi connectivity index (χ3n) is 4.24. The first-order valence-electron chi connectivity index (χ1n) is 7.13. The van der Waals surface area contributed by atoms with Crippen LogP contribution in [0.3, 0.4) is 0 Å². The lowest BCUT2D eigenvalue weighted by molar-refractivity contribution is 0.178. The molecule has 18 heavy (non-hydrogen) atoms. The third kappa shape index (κ3) is 3.56. The SMILES string of the molecule is Cc1ccccc1CNC(C)C1CCCN(C)C1. The second-order valence-electron chi connectivity index (χ2n) is 5.76. The highest BCUT2D eigenvalue weighted by Gasteiger charge is 2.22. The summed E-state index contributed by atoms with van der Waals surface area (Å²) in [5, 5.41) is 3.70. The molecule has 0 aliphatic carbocycles. The van der Waals surface area contributed by atoms with Gasteiger partial charge in [0.1, 0.15) is 0 Å². The number of piperidine rings is 1. The summed E-state index contributed by atoms with van der Waals surface area (Å²) in [4.78, 5) is 2.46. The maximum Gasteiger partial charge on any atom is 0.0210 e. The van der Waals surface area contributed by atoms with Gasteiger partial charge in [0.15, 0.2) is 0 Å². The summed E-state index contributed by atoms with van der Waals surface area (Å²) >= 11 is 0. The number of hydrogen-bond acceptors (Lipinski definition) is 2. The van der Waals surface area contributed by atoms with Gasteiger partial charge in [-0.3, -0.25) is 0 Å². The van der Waals surface area contributed by atoms with E-state index >= 15 is 0 Å². The number of rotatable bonds is 4. The molecule has 0 spiro atoms. The highest BCUT2D eigenvalue weighted by Crippen LogP contribution is 2.19. The zero-order chi connectivity index (χ0) is 13.0. The molecule has 0 saturated carbocycles. The molecule has 1 N–H and O–H groups in total. The van der Waals surface area contributed by atoms with Gasteiger partial charge in [-0.05, 0) is 57.3 Å². The Balaban J connectivity index is 1.84. The zero-order valence-electron chi connectivity index (χ0n) is 11.9. The fraction of sp³-hybridized carbons (Fsp3) is 0.625. The molecule has 1 aliphatic rings. The van der Waals surface area contributed by atoms with Crippen LogP contribution in [0.2, 0.25) is 0 Å². The van der Waals surface area contributed by atoms with Crippen molar-refractivity contribution in [1.29, 1.82) is 0 Å². The van der Waals surface area contributed by atoms with Crippen LogP contribution in [0.5, 0.6) is 0 Å². The zero-order valence-corrected chi connectivity index (χ0v) is 11.9. The van der Waals surface area contributed by atoms with Gasteiger partial charge in [-0.2, -0.15) is 0 Å². The number of hydrogen-bond donors (Lipinski definition) is 1. The minimum atomic E-state index is 0.604. The Bertz CT molecular complexity index is 375. The van der Waals surface area contributed by atoms with Crippen molar-refractivity contribution < 1.29 is 0 Å². The van der Waals surface area contributed by atoms with E-state index in [0.717, 1.165) is 12.5 Å². The first-order valence-corrected chi connectivity index (χ1v) is 7.13. The normalized spacial score (nSPS) is 22.9. The van der Waals surface area contributed by atoms with Gasteiger partial charge < -0.3 is 10.2 Å². The molecule has 2 unspecified atom stereocenters. The van der Waals surface area contributed by atoms with E-state index < -0.39 is 0 Å². The minimum absolute atomic E-state index is 0.604. The second-order valence-corrected chi connectivity index (χ2v) is 5.76. The smallest absolute Gasteiger partial charge is 0.0210 e. The first-order chi connectivity index (χ1) is 8.66. The average Bonchev–Trinajstić information content (AvgIpc) is 2.37. The van der Waals surface area contributed by atoms with E-state index in [9.17, 15) is 0 Å². The molecule has 100 valence electrons. The van der Waals surface area contributed by atoms with Gasteiger partial charge in [0.2, 0.25) is 0 Å². The number of aryl methyl sites for hydroxylation is 1. The Labute approximate surface area is 111 Å². The van der Waals surface area contributed by atoms with Crippen molar-refractivity contribution in [2.45, 2.75) is 39.3 Å². The van der Waals surface area contributed by atoms with Crippen molar-refractivity contribution in [2.24, 2.45) is 5.92 Å². The Morgan fingerprint density at radius 3 is 2.89 bits per heavy atom. The van der Waals surface area contributed by atoms with Crippen LogP contribution in [0, 0.1) is 12.8 Å². The molecule has 1 saturated heterocycles. The predicted molar refractivity (Wildman–Crippen MR) is 77.7 cm³/mol. The molecule has 0 aromatic heterocycles. The van der Waals surface area contributed by atoms with Crippen molar-refractivity contribution in [3.8, 4) is 0 Å². The summed E-state index contributed by atoms with van der Waals surface area (Å²) in [6.45, 7) is 8.02. The quantitative estimate of drug-likeness (QED) is 0.879. The van der Waals surface area contributed by atoms with E-state index in [1.165, 1.54) is 37.1 Å². The van der Waals surface area contributed by atoms with Gasteiger partial charge in [0.25, 0.3) is 0 Å². The van der Waals surface area contributed by atoms with Crippen molar-refractivity contribution >= 4 is 0 Å². The molecule has 2 rings (SSSR count). The molecular weight excluding hydrogens is 220 g/mol. The molecule has 1 aliphatic heterocycles. The van der Waals surface area contributed by atoms with Gasteiger partial charge in [0.05, 0.1) is 0 Å². The fourth-order valence-electron chi connectivity index (χ4n) is 2.86. The molecule has 2 nitrogen and oxygen atoms in total. The molecule has 2 atom stereocenters. The Hall–Kier alpha value is -0.860. The van der Waals surface area contributed by atoms with Gasteiger partial charge in [-0.15, -0.1) is 0 Å². The van der Waals surface area contributed by atoms with Crippen molar-refractivity contribution in [3.05, 3.63) is 35.4 Å². The first kappa shape index (κ1) is 13.6. The summed E-state index contributed by atoms with van der Waals surface area (Å²) in [7, 11) is 2.24. The third-order valence-corrected chi connectivity index (χ3v) is 4.24. The summed E-state index contributed by atoms with van der Waals surface area (Å²) < 4.78 is 0. The molecule has 1 fully saturated rings. The largest absolute Gasteiger partial charge is 0.310 e. The van der Waals surface area contributed by atoms with Gasteiger partial charge in [0, 0.05) is 19.1 Å².